The number of nitriles is 2. The van der Waals surface area contributed by atoms with E-state index >= 15 is 0 Å². The van der Waals surface area contributed by atoms with E-state index in [1.807, 2.05) is 0 Å². The van der Waals surface area contributed by atoms with Crippen LogP contribution < -0.4 is 0 Å². The van der Waals surface area contributed by atoms with Crippen LogP contribution in [-0.4, -0.2) is 46.7 Å². The number of urea groups is 1. The number of hydrogen-bond acceptors (Lipinski definition) is 7. The Kier molecular flexibility index (Phi) is 3.34. The molecule has 1 atom stereocenters. The standard InChI is InChI=1S/C16H11N5O5/c1-19-12(22)16(13(23)20(2)14(19)24)11(15(16,7-17)8-18)9-4-3-5-10(6-9)21(25)26/h3-6,11H,1-2H3. The minimum Gasteiger partial charge on any atom is -0.273 e. The number of carbonyl (C=O) groups excluding carboxylic acids is 3. The van der Waals surface area contributed by atoms with Crippen LogP contribution in [0, 0.1) is 43.6 Å². The summed E-state index contributed by atoms with van der Waals surface area (Å²) in [5, 5.41) is 30.3. The number of rotatable bonds is 2. The Morgan fingerprint density at radius 2 is 1.65 bits per heavy atom. The van der Waals surface area contributed by atoms with Gasteiger partial charge in [-0.3, -0.25) is 29.5 Å². The van der Waals surface area contributed by atoms with Crippen LogP contribution in [0.4, 0.5) is 10.5 Å². The van der Waals surface area contributed by atoms with Crippen LogP contribution in [-0.2, 0) is 9.59 Å². The van der Waals surface area contributed by atoms with Crippen molar-refractivity contribution in [3.63, 3.8) is 0 Å². The van der Waals surface area contributed by atoms with E-state index < -0.39 is 39.5 Å². The van der Waals surface area contributed by atoms with Crippen molar-refractivity contribution in [1.82, 2.24) is 9.80 Å². The maximum absolute atomic E-state index is 12.8. The maximum Gasteiger partial charge on any atom is 0.332 e. The Morgan fingerprint density at radius 3 is 2.12 bits per heavy atom. The third-order valence-electron chi connectivity index (χ3n) is 5.03. The van der Waals surface area contributed by atoms with Crippen molar-refractivity contribution in [3.8, 4) is 12.1 Å². The van der Waals surface area contributed by atoms with Gasteiger partial charge in [-0.15, -0.1) is 0 Å². The molecule has 26 heavy (non-hydrogen) atoms. The zero-order valence-corrected chi connectivity index (χ0v) is 13.7. The molecule has 10 nitrogen and oxygen atoms in total. The van der Waals surface area contributed by atoms with Gasteiger partial charge in [-0.1, -0.05) is 12.1 Å². The average molecular weight is 353 g/mol. The first kappa shape index (κ1) is 17.0. The maximum atomic E-state index is 12.8. The lowest BCUT2D eigenvalue weighted by atomic mass is 9.90. The number of non-ortho nitro benzene ring substituents is 1. The third kappa shape index (κ3) is 1.65. The summed E-state index contributed by atoms with van der Waals surface area (Å²) in [6.45, 7) is 0. The molecule has 3 rings (SSSR count). The molecule has 10 heteroatoms. The molecule has 1 aromatic rings. The van der Waals surface area contributed by atoms with E-state index in [1.165, 1.54) is 18.2 Å². The molecule has 1 aromatic carbocycles. The number of hydrogen-bond donors (Lipinski definition) is 0. The lowest BCUT2D eigenvalue weighted by molar-refractivity contribution is -0.384. The fourth-order valence-corrected chi connectivity index (χ4v) is 3.73. The van der Waals surface area contributed by atoms with Gasteiger partial charge >= 0.3 is 6.03 Å². The van der Waals surface area contributed by atoms with E-state index in [1.54, 1.807) is 12.1 Å². The molecule has 0 bridgehead atoms. The van der Waals surface area contributed by atoms with Crippen molar-refractivity contribution in [2.24, 2.45) is 10.8 Å². The topological polar surface area (TPSA) is 148 Å². The lowest BCUT2D eigenvalue weighted by Gasteiger charge is -2.34. The van der Waals surface area contributed by atoms with Crippen LogP contribution in [0.2, 0.25) is 0 Å². The molecule has 130 valence electrons. The van der Waals surface area contributed by atoms with E-state index in [0.717, 1.165) is 20.2 Å². The second-order valence-corrected chi connectivity index (χ2v) is 6.14. The normalized spacial score (nSPS) is 22.8. The minimum absolute atomic E-state index is 0.139. The minimum atomic E-state index is -2.11. The summed E-state index contributed by atoms with van der Waals surface area (Å²) in [7, 11) is 2.30. The van der Waals surface area contributed by atoms with Crippen LogP contribution in [0.15, 0.2) is 24.3 Å². The highest BCUT2D eigenvalue weighted by molar-refractivity contribution is 6.23. The molecule has 0 aromatic heterocycles. The smallest absolute Gasteiger partial charge is 0.273 e. The summed E-state index contributed by atoms with van der Waals surface area (Å²) in [6, 6.07) is 7.69. The molecule has 2 aliphatic rings. The Labute approximate surface area is 147 Å². The molecule has 0 radical (unpaired) electrons. The fraction of sp³-hybridized carbons (Fsp3) is 0.312. The van der Waals surface area contributed by atoms with Gasteiger partial charge in [0.15, 0.2) is 10.8 Å². The monoisotopic (exact) mass is 353 g/mol. The number of imide groups is 2. The van der Waals surface area contributed by atoms with Crippen LogP contribution in [0.5, 0.6) is 0 Å². The number of amides is 4. The zero-order valence-electron chi connectivity index (χ0n) is 13.7. The molecule has 1 saturated heterocycles. The number of benzene rings is 1. The Balaban J connectivity index is 2.25. The number of carbonyl (C=O) groups is 3. The summed E-state index contributed by atoms with van der Waals surface area (Å²) in [4.78, 5) is 49.4. The SMILES string of the molecule is CN1C(=O)N(C)C(=O)C2(C1=O)C(c1cccc([N+](=O)[O-])c1)C2(C#N)C#N. The average Bonchev–Trinajstić information content (AvgIpc) is 3.28. The predicted molar refractivity (Wildman–Crippen MR) is 82.9 cm³/mol. The van der Waals surface area contributed by atoms with E-state index in [9.17, 15) is 35.0 Å². The Bertz CT molecular complexity index is 934. The van der Waals surface area contributed by atoms with Crippen molar-refractivity contribution in [1.29, 1.82) is 10.5 Å². The summed E-state index contributed by atoms with van der Waals surface area (Å²) < 4.78 is 0. The Morgan fingerprint density at radius 1 is 1.12 bits per heavy atom. The van der Waals surface area contributed by atoms with E-state index in [2.05, 4.69) is 0 Å². The number of nitro groups is 1. The molecule has 1 unspecified atom stereocenters. The highest BCUT2D eigenvalue weighted by atomic mass is 16.6. The van der Waals surface area contributed by atoms with Gasteiger partial charge in [-0.2, -0.15) is 10.5 Å². The molecule has 1 spiro atoms. The summed E-state index contributed by atoms with van der Waals surface area (Å²) in [5.74, 6) is -3.15. The van der Waals surface area contributed by atoms with Gasteiger partial charge in [0.05, 0.1) is 17.1 Å². The second-order valence-electron chi connectivity index (χ2n) is 6.14. The molecular formula is C16H11N5O5. The van der Waals surface area contributed by atoms with Crippen molar-refractivity contribution < 1.29 is 19.3 Å². The molecular weight excluding hydrogens is 342 g/mol. The van der Waals surface area contributed by atoms with Gasteiger partial charge in [0.25, 0.3) is 5.69 Å². The van der Waals surface area contributed by atoms with Crippen LogP contribution in [0.1, 0.15) is 11.5 Å². The first-order valence-electron chi connectivity index (χ1n) is 7.37. The van der Waals surface area contributed by atoms with E-state index in [0.29, 0.717) is 9.80 Å². The molecule has 0 N–H and O–H groups in total. The molecule has 4 amide bonds. The molecule has 2 fully saturated rings. The fourth-order valence-electron chi connectivity index (χ4n) is 3.73. The van der Waals surface area contributed by atoms with Crippen molar-refractivity contribution in [2.45, 2.75) is 5.92 Å². The highest BCUT2D eigenvalue weighted by Gasteiger charge is 2.89. The van der Waals surface area contributed by atoms with E-state index in [-0.39, 0.29) is 11.3 Å². The third-order valence-corrected chi connectivity index (χ3v) is 5.03. The van der Waals surface area contributed by atoms with Crippen LogP contribution >= 0.6 is 0 Å². The highest BCUT2D eigenvalue weighted by Crippen LogP contribution is 2.75. The van der Waals surface area contributed by atoms with Gasteiger partial charge in [-0.05, 0) is 5.56 Å². The van der Waals surface area contributed by atoms with Crippen LogP contribution in [0.3, 0.4) is 0 Å². The first-order chi connectivity index (χ1) is 12.2. The largest absolute Gasteiger partial charge is 0.332 e. The summed E-state index contributed by atoms with van der Waals surface area (Å²) in [5.41, 5.74) is -4.33. The van der Waals surface area contributed by atoms with Crippen molar-refractivity contribution in [2.75, 3.05) is 14.1 Å². The molecule has 1 saturated carbocycles. The van der Waals surface area contributed by atoms with Crippen molar-refractivity contribution in [3.05, 3.63) is 39.9 Å². The molecule has 1 aliphatic carbocycles. The van der Waals surface area contributed by atoms with Crippen molar-refractivity contribution >= 4 is 23.5 Å². The van der Waals surface area contributed by atoms with E-state index in [4.69, 9.17) is 0 Å². The van der Waals surface area contributed by atoms with Crippen LogP contribution in [0.25, 0.3) is 0 Å². The summed E-state index contributed by atoms with van der Waals surface area (Å²) >= 11 is 0. The zero-order chi connectivity index (χ0) is 19.4. The number of nitrogens with zero attached hydrogens (tertiary/aromatic N) is 5. The second kappa shape index (κ2) is 5.10. The van der Waals surface area contributed by atoms with Gasteiger partial charge in [0.2, 0.25) is 11.8 Å². The quantitative estimate of drug-likeness (QED) is 0.433. The predicted octanol–water partition coefficient (Wildman–Crippen LogP) is 0.762. The van der Waals surface area contributed by atoms with Gasteiger partial charge in [-0.25, -0.2) is 4.79 Å². The van der Waals surface area contributed by atoms with Gasteiger partial charge in [0.1, 0.15) is 0 Å². The number of barbiturate groups is 1. The lowest BCUT2D eigenvalue weighted by Crippen LogP contribution is -2.59. The first-order valence-corrected chi connectivity index (χ1v) is 7.37. The van der Waals surface area contributed by atoms with Gasteiger partial charge < -0.3 is 0 Å². The molecule has 1 heterocycles. The molecule has 1 aliphatic heterocycles. The number of nitro benzene ring substituents is 1. The Hall–Kier alpha value is -3.79. The summed E-state index contributed by atoms with van der Waals surface area (Å²) in [6.07, 6.45) is 0. The van der Waals surface area contributed by atoms with Gasteiger partial charge in [0, 0.05) is 32.1 Å².